The maximum atomic E-state index is 6.05. The molecule has 0 aliphatic carbocycles. The average Bonchev–Trinajstić information content (AvgIpc) is 2.29. The fourth-order valence-corrected chi connectivity index (χ4v) is 1.84. The molecule has 0 fully saturated rings. The first kappa shape index (κ1) is 10.8. The molecule has 0 saturated heterocycles. The van der Waals surface area contributed by atoms with Crippen LogP contribution in [0.5, 0.6) is 5.75 Å². The topological polar surface area (TPSA) is 48.1 Å². The molecule has 0 spiro atoms. The highest BCUT2D eigenvalue weighted by Gasteiger charge is 2.12. The number of pyridine rings is 1. The van der Waals surface area contributed by atoms with Gasteiger partial charge in [0.25, 0.3) is 0 Å². The van der Waals surface area contributed by atoms with Crippen LogP contribution >= 0.6 is 11.6 Å². The van der Waals surface area contributed by atoms with Crippen LogP contribution in [0.15, 0.2) is 36.5 Å². The lowest BCUT2D eigenvalue weighted by Gasteiger charge is -2.11. The number of para-hydroxylation sites is 1. The van der Waals surface area contributed by atoms with Gasteiger partial charge in [-0.1, -0.05) is 29.8 Å². The van der Waals surface area contributed by atoms with Gasteiger partial charge in [0.05, 0.1) is 7.11 Å². The molecule has 0 bridgehead atoms. The van der Waals surface area contributed by atoms with E-state index < -0.39 is 0 Å². The van der Waals surface area contributed by atoms with Crippen molar-refractivity contribution in [3.05, 3.63) is 41.7 Å². The Morgan fingerprint density at radius 2 is 2.00 bits per heavy atom. The lowest BCUT2D eigenvalue weighted by Crippen LogP contribution is -1.95. The highest BCUT2D eigenvalue weighted by atomic mass is 35.5. The number of nitrogen functional groups attached to an aromatic ring is 1. The van der Waals surface area contributed by atoms with Crippen LogP contribution < -0.4 is 10.5 Å². The van der Waals surface area contributed by atoms with Crippen LogP contribution in [-0.2, 0) is 0 Å². The molecule has 2 aromatic rings. The normalized spacial score (nSPS) is 10.1. The summed E-state index contributed by atoms with van der Waals surface area (Å²) in [4.78, 5) is 4.02. The van der Waals surface area contributed by atoms with E-state index in [0.29, 0.717) is 16.4 Å². The Morgan fingerprint density at radius 3 is 2.69 bits per heavy atom. The Hall–Kier alpha value is -1.74. The maximum Gasteiger partial charge on any atom is 0.139 e. The van der Waals surface area contributed by atoms with Crippen LogP contribution in [0.3, 0.4) is 0 Å². The second-order valence-electron chi connectivity index (χ2n) is 3.27. The van der Waals surface area contributed by atoms with E-state index in [4.69, 9.17) is 22.1 Å². The molecule has 1 aromatic carbocycles. The molecule has 16 heavy (non-hydrogen) atoms. The highest BCUT2D eigenvalue weighted by Crippen LogP contribution is 2.37. The van der Waals surface area contributed by atoms with Crippen molar-refractivity contribution >= 4 is 17.3 Å². The minimum atomic E-state index is 0.379. The van der Waals surface area contributed by atoms with Gasteiger partial charge in [0.15, 0.2) is 0 Å². The van der Waals surface area contributed by atoms with Gasteiger partial charge in [-0.3, -0.25) is 0 Å². The van der Waals surface area contributed by atoms with Crippen molar-refractivity contribution < 1.29 is 4.74 Å². The third-order valence-electron chi connectivity index (χ3n) is 2.31. The smallest absolute Gasteiger partial charge is 0.139 e. The van der Waals surface area contributed by atoms with Crippen molar-refractivity contribution in [2.45, 2.75) is 0 Å². The van der Waals surface area contributed by atoms with Gasteiger partial charge >= 0.3 is 0 Å². The van der Waals surface area contributed by atoms with Crippen LogP contribution in [0.2, 0.25) is 5.15 Å². The van der Waals surface area contributed by atoms with E-state index >= 15 is 0 Å². The Bertz CT molecular complexity index is 494. The molecule has 0 saturated carbocycles. The molecular formula is C12H11ClN2O. The molecule has 1 heterocycles. The number of hydrogen-bond acceptors (Lipinski definition) is 3. The number of benzene rings is 1. The van der Waals surface area contributed by atoms with Gasteiger partial charge in [-0.05, 0) is 12.1 Å². The number of hydrogen-bond donors (Lipinski definition) is 1. The average molecular weight is 235 g/mol. The molecule has 0 atom stereocenters. The molecule has 82 valence electrons. The molecule has 0 radical (unpaired) electrons. The van der Waals surface area contributed by atoms with E-state index in [2.05, 4.69) is 4.98 Å². The van der Waals surface area contributed by atoms with Gasteiger partial charge in [0, 0.05) is 23.0 Å². The highest BCUT2D eigenvalue weighted by molar-refractivity contribution is 6.32. The van der Waals surface area contributed by atoms with Crippen molar-refractivity contribution in [3.63, 3.8) is 0 Å². The van der Waals surface area contributed by atoms with Crippen LogP contribution in [0, 0.1) is 0 Å². The summed E-state index contributed by atoms with van der Waals surface area (Å²) in [5.41, 5.74) is 8.04. The van der Waals surface area contributed by atoms with Crippen molar-refractivity contribution in [2.75, 3.05) is 12.8 Å². The number of ether oxygens (including phenoxy) is 1. The monoisotopic (exact) mass is 234 g/mol. The third kappa shape index (κ3) is 1.82. The maximum absolute atomic E-state index is 6.05. The lowest BCUT2D eigenvalue weighted by atomic mass is 10.1. The molecule has 0 aliphatic rings. The molecule has 2 rings (SSSR count). The van der Waals surface area contributed by atoms with Gasteiger partial charge in [0.2, 0.25) is 0 Å². The summed E-state index contributed by atoms with van der Waals surface area (Å²) < 4.78 is 5.27. The first-order chi connectivity index (χ1) is 7.74. The SMILES string of the molecule is COc1ccccc1-c1c(N)ccnc1Cl. The Morgan fingerprint density at radius 1 is 1.25 bits per heavy atom. The zero-order chi connectivity index (χ0) is 11.5. The predicted octanol–water partition coefficient (Wildman–Crippen LogP) is 2.99. The number of nitrogens with two attached hydrogens (primary N) is 1. The fourth-order valence-electron chi connectivity index (χ4n) is 1.57. The zero-order valence-corrected chi connectivity index (χ0v) is 9.53. The number of anilines is 1. The first-order valence-corrected chi connectivity index (χ1v) is 5.15. The van der Waals surface area contributed by atoms with Crippen molar-refractivity contribution in [2.24, 2.45) is 0 Å². The summed E-state index contributed by atoms with van der Waals surface area (Å²) in [6.45, 7) is 0. The number of halogens is 1. The molecule has 0 aliphatic heterocycles. The molecule has 1 aromatic heterocycles. The van der Waals surface area contributed by atoms with E-state index in [9.17, 15) is 0 Å². The zero-order valence-electron chi connectivity index (χ0n) is 8.77. The predicted molar refractivity (Wildman–Crippen MR) is 65.6 cm³/mol. The van der Waals surface area contributed by atoms with Crippen LogP contribution in [-0.4, -0.2) is 12.1 Å². The Kier molecular flexibility index (Phi) is 2.97. The number of methoxy groups -OCH3 is 1. The molecule has 2 N–H and O–H groups in total. The Balaban J connectivity index is 2.67. The van der Waals surface area contributed by atoms with Gasteiger partial charge in [-0.2, -0.15) is 0 Å². The summed E-state index contributed by atoms with van der Waals surface area (Å²) >= 11 is 6.05. The number of aromatic nitrogens is 1. The largest absolute Gasteiger partial charge is 0.496 e. The quantitative estimate of drug-likeness (QED) is 0.813. The summed E-state index contributed by atoms with van der Waals surface area (Å²) in [6, 6.07) is 9.27. The lowest BCUT2D eigenvalue weighted by molar-refractivity contribution is 0.416. The summed E-state index contributed by atoms with van der Waals surface area (Å²) in [5, 5.41) is 0.379. The van der Waals surface area contributed by atoms with Gasteiger partial charge in [-0.25, -0.2) is 4.98 Å². The van der Waals surface area contributed by atoms with Crippen molar-refractivity contribution in [1.29, 1.82) is 0 Å². The fraction of sp³-hybridized carbons (Fsp3) is 0.0833. The van der Waals surface area contributed by atoms with Gasteiger partial charge < -0.3 is 10.5 Å². The molecule has 0 unspecified atom stereocenters. The standard InChI is InChI=1S/C12H11ClN2O/c1-16-10-5-3-2-4-8(10)11-9(14)6-7-15-12(11)13/h2-7H,1H3,(H2,14,15). The van der Waals surface area contributed by atoms with Crippen molar-refractivity contribution in [1.82, 2.24) is 4.98 Å². The van der Waals surface area contributed by atoms with E-state index in [1.54, 1.807) is 19.4 Å². The van der Waals surface area contributed by atoms with Crippen LogP contribution in [0.25, 0.3) is 11.1 Å². The molecule has 3 nitrogen and oxygen atoms in total. The van der Waals surface area contributed by atoms with E-state index in [1.165, 1.54) is 0 Å². The molecule has 4 heteroatoms. The van der Waals surface area contributed by atoms with Crippen molar-refractivity contribution in [3.8, 4) is 16.9 Å². The minimum absolute atomic E-state index is 0.379. The third-order valence-corrected chi connectivity index (χ3v) is 2.60. The number of rotatable bonds is 2. The van der Waals surface area contributed by atoms with Gasteiger partial charge in [0.1, 0.15) is 10.9 Å². The van der Waals surface area contributed by atoms with Gasteiger partial charge in [-0.15, -0.1) is 0 Å². The van der Waals surface area contributed by atoms with Crippen LogP contribution in [0.4, 0.5) is 5.69 Å². The molecule has 0 amide bonds. The number of nitrogens with zero attached hydrogens (tertiary/aromatic N) is 1. The van der Waals surface area contributed by atoms with Crippen LogP contribution in [0.1, 0.15) is 0 Å². The van der Waals surface area contributed by atoms with E-state index in [0.717, 1.165) is 11.3 Å². The second-order valence-corrected chi connectivity index (χ2v) is 3.62. The summed E-state index contributed by atoms with van der Waals surface area (Å²) in [5.74, 6) is 0.726. The minimum Gasteiger partial charge on any atom is -0.496 e. The Labute approximate surface area is 98.8 Å². The summed E-state index contributed by atoms with van der Waals surface area (Å²) in [6.07, 6.45) is 1.58. The van der Waals surface area contributed by atoms with E-state index in [1.807, 2.05) is 24.3 Å². The first-order valence-electron chi connectivity index (χ1n) is 4.77. The molecular weight excluding hydrogens is 224 g/mol. The summed E-state index contributed by atoms with van der Waals surface area (Å²) in [7, 11) is 1.61. The second kappa shape index (κ2) is 4.41. The van der Waals surface area contributed by atoms with E-state index in [-0.39, 0.29) is 0 Å².